The van der Waals surface area contributed by atoms with Crippen LogP contribution in [0, 0.1) is 6.92 Å². The largest absolute Gasteiger partial charge is 0.352 e. The van der Waals surface area contributed by atoms with Gasteiger partial charge in [0, 0.05) is 23.8 Å². The molecular formula is C11H14N4S. The van der Waals surface area contributed by atoms with E-state index in [4.69, 9.17) is 0 Å². The normalized spacial score (nSPS) is 10.3. The molecule has 0 aliphatic carbocycles. The van der Waals surface area contributed by atoms with Crippen LogP contribution in [-0.4, -0.2) is 21.1 Å². The summed E-state index contributed by atoms with van der Waals surface area (Å²) in [6.07, 6.45) is 5.57. The average Bonchev–Trinajstić information content (AvgIpc) is 2.87. The highest BCUT2D eigenvalue weighted by Crippen LogP contribution is 2.16. The molecule has 4 nitrogen and oxygen atoms in total. The van der Waals surface area contributed by atoms with Crippen LogP contribution in [0.5, 0.6) is 0 Å². The van der Waals surface area contributed by atoms with Crippen LogP contribution >= 0.6 is 11.3 Å². The van der Waals surface area contributed by atoms with Crippen molar-refractivity contribution in [3.63, 3.8) is 0 Å². The molecule has 2 aromatic rings. The van der Waals surface area contributed by atoms with E-state index in [2.05, 4.69) is 26.4 Å². The van der Waals surface area contributed by atoms with Crippen molar-refractivity contribution in [3.05, 3.63) is 41.1 Å². The van der Waals surface area contributed by atoms with Gasteiger partial charge in [-0.1, -0.05) is 6.08 Å². The number of rotatable bonds is 5. The van der Waals surface area contributed by atoms with Crippen LogP contribution in [-0.2, 0) is 6.54 Å². The summed E-state index contributed by atoms with van der Waals surface area (Å²) in [7, 11) is 0. The van der Waals surface area contributed by atoms with Gasteiger partial charge in [-0.3, -0.25) is 0 Å². The fraction of sp³-hybridized carbons (Fsp3) is 0.273. The van der Waals surface area contributed by atoms with E-state index < -0.39 is 0 Å². The molecule has 1 N–H and O–H groups in total. The monoisotopic (exact) mass is 234 g/mol. The van der Waals surface area contributed by atoms with Gasteiger partial charge in [-0.15, -0.1) is 17.9 Å². The Morgan fingerprint density at radius 3 is 3.12 bits per heavy atom. The van der Waals surface area contributed by atoms with Crippen LogP contribution in [0.3, 0.4) is 0 Å². The maximum atomic E-state index is 4.25. The highest BCUT2D eigenvalue weighted by Gasteiger charge is 2.05. The number of hydrogen-bond donors (Lipinski definition) is 1. The molecule has 0 radical (unpaired) electrons. The quantitative estimate of drug-likeness (QED) is 0.807. The number of anilines is 1. The standard InChI is InChI=1S/C11H14N4S/c1-3-4-12-11-13-5-6-15(11)7-10-9(2)14-8-16-10/h3,5-6,8H,1,4,7H2,2H3,(H,12,13). The fourth-order valence-electron chi connectivity index (χ4n) is 1.40. The molecule has 0 atom stereocenters. The molecule has 5 heteroatoms. The Hall–Kier alpha value is -1.62. The number of imidazole rings is 1. The minimum atomic E-state index is 0.721. The van der Waals surface area contributed by atoms with Crippen molar-refractivity contribution in [2.75, 3.05) is 11.9 Å². The molecule has 16 heavy (non-hydrogen) atoms. The lowest BCUT2D eigenvalue weighted by atomic mass is 10.4. The third-order valence-electron chi connectivity index (χ3n) is 2.28. The number of nitrogens with zero attached hydrogens (tertiary/aromatic N) is 3. The Kier molecular flexibility index (Phi) is 3.36. The maximum Gasteiger partial charge on any atom is 0.203 e. The summed E-state index contributed by atoms with van der Waals surface area (Å²) < 4.78 is 2.07. The van der Waals surface area contributed by atoms with Gasteiger partial charge in [-0.2, -0.15) is 0 Å². The van der Waals surface area contributed by atoms with Crippen molar-refractivity contribution in [2.24, 2.45) is 0 Å². The van der Waals surface area contributed by atoms with Crippen molar-refractivity contribution < 1.29 is 0 Å². The van der Waals surface area contributed by atoms with Crippen molar-refractivity contribution in [2.45, 2.75) is 13.5 Å². The Morgan fingerprint density at radius 1 is 1.56 bits per heavy atom. The summed E-state index contributed by atoms with van der Waals surface area (Å²) in [6.45, 7) is 7.24. The van der Waals surface area contributed by atoms with Gasteiger partial charge >= 0.3 is 0 Å². The summed E-state index contributed by atoms with van der Waals surface area (Å²) in [5.41, 5.74) is 2.96. The van der Waals surface area contributed by atoms with Crippen molar-refractivity contribution in [3.8, 4) is 0 Å². The summed E-state index contributed by atoms with van der Waals surface area (Å²) >= 11 is 1.67. The number of nitrogens with one attached hydrogen (secondary N) is 1. The van der Waals surface area contributed by atoms with Gasteiger partial charge in [0.1, 0.15) is 0 Å². The van der Waals surface area contributed by atoms with E-state index in [1.165, 1.54) is 4.88 Å². The topological polar surface area (TPSA) is 42.7 Å². The van der Waals surface area contributed by atoms with Gasteiger partial charge in [0.2, 0.25) is 5.95 Å². The molecule has 0 bridgehead atoms. The van der Waals surface area contributed by atoms with Crippen LogP contribution < -0.4 is 5.32 Å². The summed E-state index contributed by atoms with van der Waals surface area (Å²) in [6, 6.07) is 0. The van der Waals surface area contributed by atoms with E-state index in [9.17, 15) is 0 Å². The van der Waals surface area contributed by atoms with Gasteiger partial charge < -0.3 is 9.88 Å². The third-order valence-corrected chi connectivity index (χ3v) is 3.20. The first-order valence-corrected chi connectivity index (χ1v) is 5.94. The molecule has 0 amide bonds. The zero-order valence-electron chi connectivity index (χ0n) is 9.18. The second kappa shape index (κ2) is 4.94. The summed E-state index contributed by atoms with van der Waals surface area (Å²) in [4.78, 5) is 9.75. The van der Waals surface area contributed by atoms with E-state index in [-0.39, 0.29) is 0 Å². The molecule has 0 saturated heterocycles. The van der Waals surface area contributed by atoms with E-state index in [0.29, 0.717) is 0 Å². The van der Waals surface area contributed by atoms with Crippen molar-refractivity contribution in [1.82, 2.24) is 14.5 Å². The minimum Gasteiger partial charge on any atom is -0.352 e. The van der Waals surface area contributed by atoms with E-state index in [1.807, 2.05) is 24.7 Å². The SMILES string of the molecule is C=CCNc1nccn1Cc1scnc1C. The number of aromatic nitrogens is 3. The summed E-state index contributed by atoms with van der Waals surface area (Å²) in [5, 5.41) is 3.19. The summed E-state index contributed by atoms with van der Waals surface area (Å²) in [5.74, 6) is 0.868. The zero-order chi connectivity index (χ0) is 11.4. The fourth-order valence-corrected chi connectivity index (χ4v) is 2.18. The molecule has 0 spiro atoms. The van der Waals surface area contributed by atoms with Crippen LogP contribution in [0.15, 0.2) is 30.6 Å². The lowest BCUT2D eigenvalue weighted by molar-refractivity contribution is 0.807. The van der Waals surface area contributed by atoms with Gasteiger partial charge in [0.25, 0.3) is 0 Å². The molecule has 0 aromatic carbocycles. The van der Waals surface area contributed by atoms with Crippen LogP contribution in [0.4, 0.5) is 5.95 Å². The minimum absolute atomic E-state index is 0.721. The Balaban J connectivity index is 2.12. The van der Waals surface area contributed by atoms with Crippen LogP contribution in [0.1, 0.15) is 10.6 Å². The Morgan fingerprint density at radius 2 is 2.44 bits per heavy atom. The van der Waals surface area contributed by atoms with Gasteiger partial charge in [0.05, 0.1) is 17.7 Å². The second-order valence-electron chi connectivity index (χ2n) is 3.41. The van der Waals surface area contributed by atoms with Crippen LogP contribution in [0.2, 0.25) is 0 Å². The third kappa shape index (κ3) is 2.30. The van der Waals surface area contributed by atoms with E-state index in [0.717, 1.165) is 24.7 Å². The first-order valence-electron chi connectivity index (χ1n) is 5.06. The Bertz CT molecular complexity index is 472. The van der Waals surface area contributed by atoms with Crippen molar-refractivity contribution >= 4 is 17.3 Å². The second-order valence-corrected chi connectivity index (χ2v) is 4.35. The molecule has 0 aliphatic heterocycles. The van der Waals surface area contributed by atoms with Gasteiger partial charge in [-0.25, -0.2) is 9.97 Å². The van der Waals surface area contributed by atoms with E-state index in [1.54, 1.807) is 17.5 Å². The predicted molar refractivity (Wildman–Crippen MR) is 66.9 cm³/mol. The zero-order valence-corrected chi connectivity index (χ0v) is 10.00. The molecule has 0 saturated carbocycles. The molecule has 0 unspecified atom stereocenters. The highest BCUT2D eigenvalue weighted by molar-refractivity contribution is 7.09. The predicted octanol–water partition coefficient (Wildman–Crippen LogP) is 2.29. The van der Waals surface area contributed by atoms with E-state index >= 15 is 0 Å². The first-order chi connectivity index (χ1) is 7.81. The highest BCUT2D eigenvalue weighted by atomic mass is 32.1. The lowest BCUT2D eigenvalue weighted by Gasteiger charge is -2.07. The first kappa shape index (κ1) is 10.9. The number of thiazole rings is 1. The lowest BCUT2D eigenvalue weighted by Crippen LogP contribution is -2.07. The molecule has 2 aromatic heterocycles. The van der Waals surface area contributed by atoms with Gasteiger partial charge in [-0.05, 0) is 6.92 Å². The average molecular weight is 234 g/mol. The molecule has 2 heterocycles. The van der Waals surface area contributed by atoms with Crippen LogP contribution in [0.25, 0.3) is 0 Å². The Labute approximate surface area is 98.7 Å². The van der Waals surface area contributed by atoms with Gasteiger partial charge in [0.15, 0.2) is 0 Å². The molecular weight excluding hydrogens is 220 g/mol. The smallest absolute Gasteiger partial charge is 0.203 e. The molecule has 2 rings (SSSR count). The molecule has 0 fully saturated rings. The molecule has 0 aliphatic rings. The number of aryl methyl sites for hydroxylation is 1. The number of hydrogen-bond acceptors (Lipinski definition) is 4. The van der Waals surface area contributed by atoms with Crippen molar-refractivity contribution in [1.29, 1.82) is 0 Å². The molecule has 84 valence electrons. The maximum absolute atomic E-state index is 4.25.